The SMILES string of the molecule is O=C(Cc1ccc(-c2ccc(CN3CCCCC3)cc2)cc1)Nc1cc(C2CC2)[nH]n1. The van der Waals surface area contributed by atoms with Gasteiger partial charge in [0.1, 0.15) is 0 Å². The van der Waals surface area contributed by atoms with E-state index in [1.54, 1.807) is 0 Å². The van der Waals surface area contributed by atoms with Crippen LogP contribution in [0.25, 0.3) is 11.1 Å². The molecule has 1 aliphatic heterocycles. The van der Waals surface area contributed by atoms with E-state index in [4.69, 9.17) is 0 Å². The summed E-state index contributed by atoms with van der Waals surface area (Å²) in [6.07, 6.45) is 6.79. The van der Waals surface area contributed by atoms with Crippen LogP contribution in [0.3, 0.4) is 0 Å². The molecule has 1 amide bonds. The first-order valence-electron chi connectivity index (χ1n) is 11.5. The summed E-state index contributed by atoms with van der Waals surface area (Å²) >= 11 is 0. The van der Waals surface area contributed by atoms with Crippen LogP contribution in [0, 0.1) is 0 Å². The molecule has 5 nitrogen and oxygen atoms in total. The van der Waals surface area contributed by atoms with E-state index in [2.05, 4.69) is 56.8 Å². The summed E-state index contributed by atoms with van der Waals surface area (Å²) in [6, 6.07) is 19.1. The van der Waals surface area contributed by atoms with Gasteiger partial charge in [-0.25, -0.2) is 0 Å². The summed E-state index contributed by atoms with van der Waals surface area (Å²) in [5, 5.41) is 10.1. The summed E-state index contributed by atoms with van der Waals surface area (Å²) in [4.78, 5) is 14.9. The van der Waals surface area contributed by atoms with Crippen molar-refractivity contribution in [1.29, 1.82) is 0 Å². The first kappa shape index (κ1) is 20.0. The molecule has 1 saturated heterocycles. The van der Waals surface area contributed by atoms with Gasteiger partial charge in [0, 0.05) is 24.2 Å². The number of hydrogen-bond acceptors (Lipinski definition) is 3. The van der Waals surface area contributed by atoms with E-state index < -0.39 is 0 Å². The summed E-state index contributed by atoms with van der Waals surface area (Å²) in [7, 11) is 0. The Kier molecular flexibility index (Phi) is 5.85. The maximum absolute atomic E-state index is 12.4. The predicted octanol–water partition coefficient (Wildman–Crippen LogP) is 5.12. The van der Waals surface area contributed by atoms with E-state index >= 15 is 0 Å². The number of aromatic nitrogens is 2. The van der Waals surface area contributed by atoms with Crippen molar-refractivity contribution in [3.63, 3.8) is 0 Å². The van der Waals surface area contributed by atoms with Gasteiger partial charge in [-0.15, -0.1) is 0 Å². The molecule has 2 aliphatic rings. The zero-order valence-electron chi connectivity index (χ0n) is 17.9. The molecule has 1 aromatic heterocycles. The highest BCUT2D eigenvalue weighted by atomic mass is 16.1. The third kappa shape index (κ3) is 5.23. The number of piperidine rings is 1. The number of hydrogen-bond donors (Lipinski definition) is 2. The second-order valence-corrected chi connectivity index (χ2v) is 8.94. The van der Waals surface area contributed by atoms with Gasteiger partial charge in [0.2, 0.25) is 5.91 Å². The van der Waals surface area contributed by atoms with Crippen LogP contribution in [0.2, 0.25) is 0 Å². The highest BCUT2D eigenvalue weighted by molar-refractivity contribution is 5.91. The van der Waals surface area contributed by atoms with Crippen molar-refractivity contribution in [1.82, 2.24) is 15.1 Å². The maximum Gasteiger partial charge on any atom is 0.229 e. The van der Waals surface area contributed by atoms with E-state index in [1.807, 2.05) is 18.2 Å². The Morgan fingerprint density at radius 3 is 2.23 bits per heavy atom. The van der Waals surface area contributed by atoms with E-state index in [0.717, 1.165) is 17.8 Å². The third-order valence-corrected chi connectivity index (χ3v) is 6.34. The smallest absolute Gasteiger partial charge is 0.229 e. The lowest BCUT2D eigenvalue weighted by molar-refractivity contribution is -0.115. The fourth-order valence-corrected chi connectivity index (χ4v) is 4.37. The number of H-pyrrole nitrogens is 1. The summed E-state index contributed by atoms with van der Waals surface area (Å²) < 4.78 is 0. The van der Waals surface area contributed by atoms with Crippen LogP contribution in [0.5, 0.6) is 0 Å². The van der Waals surface area contributed by atoms with E-state index in [9.17, 15) is 4.79 Å². The number of anilines is 1. The molecule has 160 valence electrons. The monoisotopic (exact) mass is 414 g/mol. The van der Waals surface area contributed by atoms with E-state index in [-0.39, 0.29) is 5.91 Å². The van der Waals surface area contributed by atoms with Gasteiger partial charge in [-0.3, -0.25) is 14.8 Å². The Labute approximate surface area is 183 Å². The van der Waals surface area contributed by atoms with Crippen LogP contribution in [0.4, 0.5) is 5.82 Å². The fraction of sp³-hybridized carbons (Fsp3) is 0.385. The topological polar surface area (TPSA) is 61.0 Å². The number of benzene rings is 2. The van der Waals surface area contributed by atoms with Gasteiger partial charge >= 0.3 is 0 Å². The van der Waals surface area contributed by atoms with Crippen molar-refractivity contribution >= 4 is 11.7 Å². The fourth-order valence-electron chi connectivity index (χ4n) is 4.37. The Bertz CT molecular complexity index is 1010. The van der Waals surface area contributed by atoms with E-state index in [1.165, 1.54) is 61.9 Å². The van der Waals surface area contributed by atoms with Crippen LogP contribution in [-0.4, -0.2) is 34.1 Å². The molecular formula is C26H30N4O. The second kappa shape index (κ2) is 9.06. The molecule has 2 heterocycles. The number of nitrogens with one attached hydrogen (secondary N) is 2. The second-order valence-electron chi connectivity index (χ2n) is 8.94. The lowest BCUT2D eigenvalue weighted by Crippen LogP contribution is -2.28. The molecule has 31 heavy (non-hydrogen) atoms. The number of likely N-dealkylation sites (tertiary alicyclic amines) is 1. The molecule has 0 bridgehead atoms. The molecule has 2 aromatic carbocycles. The molecular weight excluding hydrogens is 384 g/mol. The zero-order chi connectivity index (χ0) is 21.0. The number of carbonyl (C=O) groups excluding carboxylic acids is 1. The van der Waals surface area contributed by atoms with E-state index in [0.29, 0.717) is 18.2 Å². The molecule has 5 heteroatoms. The normalized spacial score (nSPS) is 16.9. The molecule has 3 aromatic rings. The van der Waals surface area contributed by atoms with Crippen LogP contribution >= 0.6 is 0 Å². The van der Waals surface area contributed by atoms with Crippen LogP contribution < -0.4 is 5.32 Å². The Balaban J connectivity index is 1.15. The minimum absolute atomic E-state index is 0.0383. The van der Waals surface area contributed by atoms with Gasteiger partial charge in [0.25, 0.3) is 0 Å². The first-order valence-corrected chi connectivity index (χ1v) is 11.5. The molecule has 0 spiro atoms. The molecule has 1 saturated carbocycles. The molecule has 2 fully saturated rings. The first-order chi connectivity index (χ1) is 15.2. The molecule has 0 radical (unpaired) electrons. The van der Waals surface area contributed by atoms with Gasteiger partial charge in [-0.05, 0) is 61.0 Å². The van der Waals surface area contributed by atoms with Crippen molar-refractivity contribution in [3.8, 4) is 11.1 Å². The van der Waals surface area contributed by atoms with Crippen LogP contribution in [0.15, 0.2) is 54.6 Å². The number of carbonyl (C=O) groups is 1. The summed E-state index contributed by atoms with van der Waals surface area (Å²) in [5.74, 6) is 1.18. The average Bonchev–Trinajstić information content (AvgIpc) is 3.55. The lowest BCUT2D eigenvalue weighted by Gasteiger charge is -2.26. The highest BCUT2D eigenvalue weighted by Gasteiger charge is 2.25. The van der Waals surface area contributed by atoms with Gasteiger partial charge in [-0.2, -0.15) is 5.10 Å². The van der Waals surface area contributed by atoms with Gasteiger partial charge < -0.3 is 5.32 Å². The van der Waals surface area contributed by atoms with Crippen molar-refractivity contribution < 1.29 is 4.79 Å². The standard InChI is InChI=1S/C26H30N4O/c31-26(27-25-17-24(28-29-25)23-12-13-23)16-19-4-8-21(9-5-19)22-10-6-20(7-11-22)18-30-14-2-1-3-15-30/h4-11,17,23H,1-3,12-16,18H2,(H2,27,28,29,31). The number of rotatable bonds is 7. The van der Waals surface area contributed by atoms with Gasteiger partial charge in [-0.1, -0.05) is 55.0 Å². The minimum atomic E-state index is -0.0383. The Morgan fingerprint density at radius 1 is 0.935 bits per heavy atom. The Morgan fingerprint density at radius 2 is 1.58 bits per heavy atom. The Hall–Kier alpha value is -2.92. The van der Waals surface area contributed by atoms with Crippen molar-refractivity contribution in [3.05, 3.63) is 71.4 Å². The molecule has 2 N–H and O–H groups in total. The average molecular weight is 415 g/mol. The largest absolute Gasteiger partial charge is 0.309 e. The summed E-state index contributed by atoms with van der Waals surface area (Å²) in [5.41, 5.74) is 5.89. The molecule has 0 atom stereocenters. The van der Waals surface area contributed by atoms with Gasteiger partial charge in [0.05, 0.1) is 6.42 Å². The third-order valence-electron chi connectivity index (χ3n) is 6.34. The predicted molar refractivity (Wildman–Crippen MR) is 124 cm³/mol. The zero-order valence-corrected chi connectivity index (χ0v) is 17.9. The molecule has 1 aliphatic carbocycles. The van der Waals surface area contributed by atoms with Crippen molar-refractivity contribution in [2.45, 2.75) is 51.0 Å². The number of amides is 1. The van der Waals surface area contributed by atoms with Crippen molar-refractivity contribution in [2.24, 2.45) is 0 Å². The maximum atomic E-state index is 12.4. The molecule has 5 rings (SSSR count). The summed E-state index contributed by atoms with van der Waals surface area (Å²) in [6.45, 7) is 3.49. The lowest BCUT2D eigenvalue weighted by atomic mass is 10.0. The van der Waals surface area contributed by atoms with Crippen molar-refractivity contribution in [2.75, 3.05) is 18.4 Å². The number of nitrogens with zero attached hydrogens (tertiary/aromatic N) is 2. The molecule has 0 unspecified atom stereocenters. The van der Waals surface area contributed by atoms with Crippen LogP contribution in [-0.2, 0) is 17.8 Å². The highest BCUT2D eigenvalue weighted by Crippen LogP contribution is 2.39. The number of aromatic amines is 1. The quantitative estimate of drug-likeness (QED) is 0.564. The minimum Gasteiger partial charge on any atom is -0.309 e. The van der Waals surface area contributed by atoms with Gasteiger partial charge in [0.15, 0.2) is 5.82 Å². The van der Waals surface area contributed by atoms with Crippen LogP contribution in [0.1, 0.15) is 54.8 Å².